The molecule has 0 saturated heterocycles. The van der Waals surface area contributed by atoms with Gasteiger partial charge in [-0.1, -0.05) is 12.2 Å². The van der Waals surface area contributed by atoms with Gasteiger partial charge in [-0.3, -0.25) is 9.59 Å². The number of nitrogens with one attached hydrogen (secondary N) is 1. The molecule has 5 nitrogen and oxygen atoms in total. The molecule has 0 aliphatic carbocycles. The number of hydrogen-bond acceptors (Lipinski definition) is 4. The lowest BCUT2D eigenvalue weighted by atomic mass is 10.3. The quantitative estimate of drug-likeness (QED) is 0.398. The normalized spacial score (nSPS) is 12.7. The van der Waals surface area contributed by atoms with Crippen molar-refractivity contribution in [1.82, 2.24) is 5.32 Å². The van der Waals surface area contributed by atoms with Gasteiger partial charge in [0.15, 0.2) is 0 Å². The van der Waals surface area contributed by atoms with Crippen molar-refractivity contribution < 1.29 is 14.7 Å². The van der Waals surface area contributed by atoms with Gasteiger partial charge < -0.3 is 16.2 Å². The summed E-state index contributed by atoms with van der Waals surface area (Å²) in [5.41, 5.74) is 5.10. The van der Waals surface area contributed by atoms with Crippen LogP contribution in [0.4, 0.5) is 0 Å². The molecule has 0 spiro atoms. The highest BCUT2D eigenvalue weighted by Gasteiger charge is 2.15. The third kappa shape index (κ3) is 8.02. The Kier molecular flexibility index (Phi) is 7.75. The maximum absolute atomic E-state index is 10.9. The van der Waals surface area contributed by atoms with Crippen LogP contribution in [0.1, 0.15) is 6.92 Å². The van der Waals surface area contributed by atoms with E-state index in [0.29, 0.717) is 11.5 Å². The van der Waals surface area contributed by atoms with E-state index in [9.17, 15) is 9.59 Å². The second-order valence-corrected chi connectivity index (χ2v) is 3.92. The van der Waals surface area contributed by atoms with Gasteiger partial charge in [0.1, 0.15) is 6.04 Å². The van der Waals surface area contributed by atoms with Gasteiger partial charge in [0.05, 0.1) is 6.61 Å². The average molecular weight is 232 g/mol. The minimum absolute atomic E-state index is 0.00546. The number of aliphatic hydroxyl groups excluding tert-OH is 1. The zero-order valence-corrected chi connectivity index (χ0v) is 9.42. The van der Waals surface area contributed by atoms with Crippen molar-refractivity contribution in [2.45, 2.75) is 13.0 Å². The molecular weight excluding hydrogens is 216 g/mol. The molecule has 4 N–H and O–H groups in total. The molecule has 0 bridgehead atoms. The van der Waals surface area contributed by atoms with E-state index in [1.54, 1.807) is 12.2 Å². The topological polar surface area (TPSA) is 92.4 Å². The maximum atomic E-state index is 10.9. The highest BCUT2D eigenvalue weighted by Crippen LogP contribution is 2.03. The molecule has 0 saturated carbocycles. The Hall–Kier alpha value is -1.01. The molecule has 15 heavy (non-hydrogen) atoms. The second kappa shape index (κ2) is 8.31. The summed E-state index contributed by atoms with van der Waals surface area (Å²) < 4.78 is 0. The van der Waals surface area contributed by atoms with Gasteiger partial charge in [0.25, 0.3) is 0 Å². The van der Waals surface area contributed by atoms with E-state index in [0.717, 1.165) is 0 Å². The molecule has 0 aliphatic heterocycles. The van der Waals surface area contributed by atoms with Gasteiger partial charge in [-0.05, 0) is 0 Å². The van der Waals surface area contributed by atoms with Crippen molar-refractivity contribution in [2.24, 2.45) is 5.73 Å². The molecule has 6 heteroatoms. The van der Waals surface area contributed by atoms with Gasteiger partial charge in [0, 0.05) is 18.4 Å². The number of amides is 2. The largest absolute Gasteiger partial charge is 0.392 e. The van der Waals surface area contributed by atoms with Crippen molar-refractivity contribution in [3.63, 3.8) is 0 Å². The predicted octanol–water partition coefficient (Wildman–Crippen LogP) is -0.742. The van der Waals surface area contributed by atoms with E-state index in [-0.39, 0.29) is 12.5 Å². The summed E-state index contributed by atoms with van der Waals surface area (Å²) in [7, 11) is 0. The van der Waals surface area contributed by atoms with E-state index in [1.165, 1.54) is 18.7 Å². The minimum Gasteiger partial charge on any atom is -0.392 e. The molecule has 0 radical (unpaired) electrons. The van der Waals surface area contributed by atoms with Gasteiger partial charge in [-0.25, -0.2) is 0 Å². The lowest BCUT2D eigenvalue weighted by Gasteiger charge is -2.12. The standard InChI is InChI=1S/C9H16N2O3S/c1-7(13)11-8(9(10)14)6-15-5-3-2-4-12/h2-3,8,12H,4-6H2,1H3,(H2,10,14)(H,11,13)/b3-2+/t8-/m0/s1. The molecule has 0 aromatic carbocycles. The smallest absolute Gasteiger partial charge is 0.240 e. The highest BCUT2D eigenvalue weighted by molar-refractivity contribution is 7.99. The summed E-state index contributed by atoms with van der Waals surface area (Å²) in [6, 6.07) is -0.630. The first-order valence-corrected chi connectivity index (χ1v) is 5.63. The zero-order chi connectivity index (χ0) is 11.7. The van der Waals surface area contributed by atoms with Crippen LogP contribution in [0.15, 0.2) is 12.2 Å². The van der Waals surface area contributed by atoms with Crippen LogP contribution >= 0.6 is 11.8 Å². The van der Waals surface area contributed by atoms with E-state index < -0.39 is 11.9 Å². The first-order chi connectivity index (χ1) is 7.07. The number of aliphatic hydroxyl groups is 1. The van der Waals surface area contributed by atoms with Gasteiger partial charge in [-0.15, -0.1) is 0 Å². The van der Waals surface area contributed by atoms with Crippen LogP contribution in [0.2, 0.25) is 0 Å². The zero-order valence-electron chi connectivity index (χ0n) is 8.60. The van der Waals surface area contributed by atoms with Crippen LogP contribution in [0.5, 0.6) is 0 Å². The highest BCUT2D eigenvalue weighted by atomic mass is 32.2. The van der Waals surface area contributed by atoms with Crippen LogP contribution in [0.25, 0.3) is 0 Å². The molecule has 0 unspecified atom stereocenters. The molecule has 86 valence electrons. The molecule has 2 amide bonds. The number of hydrogen-bond donors (Lipinski definition) is 3. The number of thioether (sulfide) groups is 1. The van der Waals surface area contributed by atoms with Crippen LogP contribution in [-0.2, 0) is 9.59 Å². The first-order valence-electron chi connectivity index (χ1n) is 4.48. The summed E-state index contributed by atoms with van der Waals surface area (Å²) in [6.45, 7) is 1.35. The molecule has 0 aromatic heterocycles. The average Bonchev–Trinajstić information content (AvgIpc) is 2.15. The van der Waals surface area contributed by atoms with Crippen molar-refractivity contribution in [3.05, 3.63) is 12.2 Å². The van der Waals surface area contributed by atoms with Crippen LogP contribution in [0.3, 0.4) is 0 Å². The summed E-state index contributed by atoms with van der Waals surface area (Å²) in [4.78, 5) is 21.6. The van der Waals surface area contributed by atoms with E-state index in [4.69, 9.17) is 10.8 Å². The third-order valence-corrected chi connectivity index (χ3v) is 2.49. The van der Waals surface area contributed by atoms with Gasteiger partial charge in [-0.2, -0.15) is 11.8 Å². The Morgan fingerprint density at radius 1 is 1.53 bits per heavy atom. The molecule has 1 atom stereocenters. The maximum Gasteiger partial charge on any atom is 0.240 e. The SMILES string of the molecule is CC(=O)N[C@@H](CSC/C=C/CO)C(N)=O. The molecule has 0 aliphatic rings. The summed E-state index contributed by atoms with van der Waals surface area (Å²) in [5, 5.41) is 10.9. The Labute approximate surface area is 93.1 Å². The van der Waals surface area contributed by atoms with Crippen molar-refractivity contribution in [1.29, 1.82) is 0 Å². The molecule has 0 heterocycles. The summed E-state index contributed by atoms with van der Waals surface area (Å²) in [5.74, 6) is 0.295. The lowest BCUT2D eigenvalue weighted by Crippen LogP contribution is -2.45. The minimum atomic E-state index is -0.630. The number of rotatable bonds is 7. The van der Waals surface area contributed by atoms with Crippen molar-refractivity contribution in [2.75, 3.05) is 18.1 Å². The molecule has 0 fully saturated rings. The van der Waals surface area contributed by atoms with Gasteiger partial charge in [0.2, 0.25) is 11.8 Å². The van der Waals surface area contributed by atoms with Crippen LogP contribution < -0.4 is 11.1 Å². The van der Waals surface area contributed by atoms with Crippen LogP contribution in [-0.4, -0.2) is 41.1 Å². The number of carbonyl (C=O) groups excluding carboxylic acids is 2. The second-order valence-electron chi connectivity index (χ2n) is 2.85. The number of nitrogens with two attached hydrogens (primary N) is 1. The van der Waals surface area contributed by atoms with Crippen molar-refractivity contribution >= 4 is 23.6 Å². The monoisotopic (exact) mass is 232 g/mol. The number of carbonyl (C=O) groups is 2. The fourth-order valence-electron chi connectivity index (χ4n) is 0.837. The Morgan fingerprint density at radius 2 is 2.20 bits per heavy atom. The Bertz CT molecular complexity index is 244. The third-order valence-electron chi connectivity index (χ3n) is 1.49. The fourth-order valence-corrected chi connectivity index (χ4v) is 1.73. The lowest BCUT2D eigenvalue weighted by molar-refractivity contribution is -0.125. The van der Waals surface area contributed by atoms with Crippen LogP contribution in [0, 0.1) is 0 Å². The predicted molar refractivity (Wildman–Crippen MR) is 60.3 cm³/mol. The van der Waals surface area contributed by atoms with E-state index in [2.05, 4.69) is 5.32 Å². The first kappa shape index (κ1) is 14.0. The summed E-state index contributed by atoms with van der Waals surface area (Å²) in [6.07, 6.45) is 3.40. The van der Waals surface area contributed by atoms with Crippen molar-refractivity contribution in [3.8, 4) is 0 Å². The number of primary amides is 1. The molecule has 0 aromatic rings. The summed E-state index contributed by atoms with van der Waals surface area (Å²) >= 11 is 1.46. The molecular formula is C9H16N2O3S. The Balaban J connectivity index is 3.81. The molecule has 0 rings (SSSR count). The van der Waals surface area contributed by atoms with E-state index >= 15 is 0 Å². The fraction of sp³-hybridized carbons (Fsp3) is 0.556. The van der Waals surface area contributed by atoms with E-state index in [1.807, 2.05) is 0 Å². The Morgan fingerprint density at radius 3 is 2.67 bits per heavy atom. The van der Waals surface area contributed by atoms with Gasteiger partial charge >= 0.3 is 0 Å².